The fraction of sp³-hybridized carbons (Fsp3) is 0.0370. The standard InChI is InChI=1S/C27H19IN2O2S/c28-20-12-15-23(22(16-20)27-30-24-8-4-5-9-25(24)33-27)29-26(31)19-10-13-21(14-11-19)32-17-18-6-2-1-3-7-18/h1-16H,17H2,(H,29,31). The maximum Gasteiger partial charge on any atom is 0.255 e. The van der Waals surface area contributed by atoms with E-state index in [0.29, 0.717) is 12.2 Å². The zero-order chi connectivity index (χ0) is 22.6. The number of carbonyl (C=O) groups excluding carboxylic acids is 1. The Kier molecular flexibility index (Phi) is 6.37. The van der Waals surface area contributed by atoms with Gasteiger partial charge in [0, 0.05) is 14.7 Å². The summed E-state index contributed by atoms with van der Waals surface area (Å²) >= 11 is 3.90. The van der Waals surface area contributed by atoms with E-state index in [9.17, 15) is 4.79 Å². The fourth-order valence-electron chi connectivity index (χ4n) is 3.43. The van der Waals surface area contributed by atoms with Crippen molar-refractivity contribution in [2.24, 2.45) is 0 Å². The highest BCUT2D eigenvalue weighted by molar-refractivity contribution is 14.1. The zero-order valence-corrected chi connectivity index (χ0v) is 20.5. The molecular formula is C27H19IN2O2S. The summed E-state index contributed by atoms with van der Waals surface area (Å²) in [5.74, 6) is 0.549. The number of rotatable bonds is 6. The van der Waals surface area contributed by atoms with Gasteiger partial charge in [0.1, 0.15) is 17.4 Å². The fourth-order valence-corrected chi connectivity index (χ4v) is 4.91. The van der Waals surface area contributed by atoms with Gasteiger partial charge in [-0.15, -0.1) is 11.3 Å². The highest BCUT2D eigenvalue weighted by Gasteiger charge is 2.14. The van der Waals surface area contributed by atoms with E-state index >= 15 is 0 Å². The van der Waals surface area contributed by atoms with Gasteiger partial charge in [-0.3, -0.25) is 4.79 Å². The molecule has 1 aromatic heterocycles. The van der Waals surface area contributed by atoms with Gasteiger partial charge >= 0.3 is 0 Å². The lowest BCUT2D eigenvalue weighted by molar-refractivity contribution is 0.102. The lowest BCUT2D eigenvalue weighted by atomic mass is 10.1. The van der Waals surface area contributed by atoms with Crippen molar-refractivity contribution < 1.29 is 9.53 Å². The molecule has 33 heavy (non-hydrogen) atoms. The van der Waals surface area contributed by atoms with E-state index in [0.717, 1.165) is 41.4 Å². The molecule has 4 nitrogen and oxygen atoms in total. The molecule has 0 aliphatic carbocycles. The van der Waals surface area contributed by atoms with Crippen LogP contribution in [0.4, 0.5) is 5.69 Å². The van der Waals surface area contributed by atoms with Crippen LogP contribution in [0.15, 0.2) is 97.1 Å². The molecule has 1 heterocycles. The Labute approximate surface area is 209 Å². The first-order valence-corrected chi connectivity index (χ1v) is 12.3. The van der Waals surface area contributed by atoms with E-state index in [2.05, 4.69) is 40.0 Å². The summed E-state index contributed by atoms with van der Waals surface area (Å²) in [5, 5.41) is 3.94. The van der Waals surface area contributed by atoms with E-state index in [1.54, 1.807) is 23.5 Å². The number of thiazole rings is 1. The Morgan fingerprint density at radius 3 is 2.45 bits per heavy atom. The highest BCUT2D eigenvalue weighted by Crippen LogP contribution is 2.35. The molecule has 0 aliphatic rings. The predicted molar refractivity (Wildman–Crippen MR) is 143 cm³/mol. The van der Waals surface area contributed by atoms with Crippen LogP contribution in [-0.4, -0.2) is 10.9 Å². The molecule has 4 aromatic carbocycles. The number of para-hydroxylation sites is 1. The topological polar surface area (TPSA) is 51.2 Å². The quantitative estimate of drug-likeness (QED) is 0.220. The van der Waals surface area contributed by atoms with Crippen molar-refractivity contribution in [3.63, 3.8) is 0 Å². The van der Waals surface area contributed by atoms with Crippen LogP contribution in [0.2, 0.25) is 0 Å². The molecule has 162 valence electrons. The van der Waals surface area contributed by atoms with E-state index in [1.165, 1.54) is 0 Å². The van der Waals surface area contributed by atoms with Crippen LogP contribution in [0.1, 0.15) is 15.9 Å². The number of hydrogen-bond acceptors (Lipinski definition) is 4. The van der Waals surface area contributed by atoms with Crippen molar-refractivity contribution in [1.82, 2.24) is 4.98 Å². The third-order valence-corrected chi connectivity index (χ3v) is 6.86. The number of hydrogen-bond donors (Lipinski definition) is 1. The maximum atomic E-state index is 13.0. The van der Waals surface area contributed by atoms with E-state index < -0.39 is 0 Å². The Morgan fingerprint density at radius 1 is 0.909 bits per heavy atom. The number of ether oxygens (including phenoxy) is 1. The number of fused-ring (bicyclic) bond motifs is 1. The van der Waals surface area contributed by atoms with Crippen molar-refractivity contribution in [3.05, 3.63) is 112 Å². The van der Waals surface area contributed by atoms with Crippen LogP contribution in [0.25, 0.3) is 20.8 Å². The zero-order valence-electron chi connectivity index (χ0n) is 17.5. The van der Waals surface area contributed by atoms with Gasteiger partial charge in [0.15, 0.2) is 0 Å². The summed E-state index contributed by atoms with van der Waals surface area (Å²) in [7, 11) is 0. The minimum atomic E-state index is -0.173. The summed E-state index contributed by atoms with van der Waals surface area (Å²) < 4.78 is 8.03. The molecular weight excluding hydrogens is 543 g/mol. The molecule has 0 fully saturated rings. The third kappa shape index (κ3) is 5.07. The molecule has 6 heteroatoms. The second kappa shape index (κ2) is 9.72. The van der Waals surface area contributed by atoms with E-state index in [4.69, 9.17) is 9.72 Å². The molecule has 5 rings (SSSR count). The average Bonchev–Trinajstić information content (AvgIpc) is 3.29. The van der Waals surface area contributed by atoms with Gasteiger partial charge in [-0.05, 0) is 82.8 Å². The molecule has 0 bridgehead atoms. The molecule has 0 aliphatic heterocycles. The van der Waals surface area contributed by atoms with Crippen molar-refractivity contribution >= 4 is 55.7 Å². The predicted octanol–water partition coefficient (Wildman–Crippen LogP) is 7.40. The molecule has 0 spiro atoms. The van der Waals surface area contributed by atoms with Gasteiger partial charge in [-0.25, -0.2) is 4.98 Å². The second-order valence-electron chi connectivity index (χ2n) is 7.43. The minimum Gasteiger partial charge on any atom is -0.489 e. The largest absolute Gasteiger partial charge is 0.489 e. The van der Waals surface area contributed by atoms with Crippen molar-refractivity contribution in [3.8, 4) is 16.3 Å². The van der Waals surface area contributed by atoms with Gasteiger partial charge in [0.25, 0.3) is 5.91 Å². The van der Waals surface area contributed by atoms with E-state index in [1.807, 2.05) is 72.8 Å². The van der Waals surface area contributed by atoms with Crippen LogP contribution in [0.3, 0.4) is 0 Å². The molecule has 0 saturated carbocycles. The second-order valence-corrected chi connectivity index (χ2v) is 9.71. The summed E-state index contributed by atoms with van der Waals surface area (Å²) in [4.78, 5) is 17.7. The molecule has 1 amide bonds. The smallest absolute Gasteiger partial charge is 0.255 e. The first-order valence-electron chi connectivity index (χ1n) is 10.4. The van der Waals surface area contributed by atoms with Gasteiger partial charge in [-0.2, -0.15) is 0 Å². The molecule has 0 atom stereocenters. The summed E-state index contributed by atoms with van der Waals surface area (Å²) in [5.41, 5.74) is 4.28. The van der Waals surface area contributed by atoms with Crippen LogP contribution < -0.4 is 10.1 Å². The maximum absolute atomic E-state index is 13.0. The lowest BCUT2D eigenvalue weighted by Gasteiger charge is -2.11. The Bertz CT molecular complexity index is 1380. The normalized spacial score (nSPS) is 10.8. The molecule has 0 saturated heterocycles. The van der Waals surface area contributed by atoms with Crippen LogP contribution in [-0.2, 0) is 6.61 Å². The van der Waals surface area contributed by atoms with Gasteiger partial charge in [0.2, 0.25) is 0 Å². The van der Waals surface area contributed by atoms with E-state index in [-0.39, 0.29) is 5.91 Å². The molecule has 1 N–H and O–H groups in total. The number of anilines is 1. The SMILES string of the molecule is O=C(Nc1ccc(I)cc1-c1nc2ccccc2s1)c1ccc(OCc2ccccc2)cc1. The van der Waals surface area contributed by atoms with Crippen LogP contribution >= 0.6 is 33.9 Å². The third-order valence-electron chi connectivity index (χ3n) is 5.12. The molecule has 5 aromatic rings. The summed E-state index contributed by atoms with van der Waals surface area (Å²) in [6.07, 6.45) is 0. The number of benzene rings is 4. The minimum absolute atomic E-state index is 0.173. The number of amides is 1. The Balaban J connectivity index is 1.33. The molecule has 0 radical (unpaired) electrons. The number of aromatic nitrogens is 1. The van der Waals surface area contributed by atoms with Crippen molar-refractivity contribution in [2.45, 2.75) is 6.61 Å². The van der Waals surface area contributed by atoms with Crippen LogP contribution in [0, 0.1) is 3.57 Å². The average molecular weight is 562 g/mol. The molecule has 0 unspecified atom stereocenters. The first kappa shape index (κ1) is 21.6. The Hall–Kier alpha value is -3.23. The van der Waals surface area contributed by atoms with Crippen molar-refractivity contribution in [2.75, 3.05) is 5.32 Å². The number of nitrogens with one attached hydrogen (secondary N) is 1. The monoisotopic (exact) mass is 562 g/mol. The van der Waals surface area contributed by atoms with Gasteiger partial charge in [0.05, 0.1) is 15.9 Å². The van der Waals surface area contributed by atoms with Gasteiger partial charge in [-0.1, -0.05) is 42.5 Å². The number of carbonyl (C=O) groups is 1. The highest BCUT2D eigenvalue weighted by atomic mass is 127. The first-order chi connectivity index (χ1) is 16.2. The number of nitrogens with zero attached hydrogens (tertiary/aromatic N) is 1. The number of halogens is 1. The van der Waals surface area contributed by atoms with Crippen molar-refractivity contribution in [1.29, 1.82) is 0 Å². The Morgan fingerprint density at radius 2 is 1.67 bits per heavy atom. The summed E-state index contributed by atoms with van der Waals surface area (Å²) in [6.45, 7) is 0.487. The lowest BCUT2D eigenvalue weighted by Crippen LogP contribution is -2.12. The van der Waals surface area contributed by atoms with Crippen LogP contribution in [0.5, 0.6) is 5.75 Å². The summed E-state index contributed by atoms with van der Waals surface area (Å²) in [6, 6.07) is 31.2. The van der Waals surface area contributed by atoms with Gasteiger partial charge < -0.3 is 10.1 Å².